The quantitative estimate of drug-likeness (QED) is 0.744. The number of halogens is 1. The predicted octanol–water partition coefficient (Wildman–Crippen LogP) is 3.38. The lowest BCUT2D eigenvalue weighted by atomic mass is 9.93. The highest BCUT2D eigenvalue weighted by atomic mass is 35.5. The van der Waals surface area contributed by atoms with Crippen LogP contribution in [0.5, 0.6) is 0 Å². The number of imide groups is 1. The summed E-state index contributed by atoms with van der Waals surface area (Å²) in [5.41, 5.74) is 1.89. The molecular formula is C20H21ClN2O4. The molecule has 0 radical (unpaired) electrons. The van der Waals surface area contributed by atoms with Gasteiger partial charge in [-0.25, -0.2) is 9.96 Å². The number of hydrogen-bond donors (Lipinski definition) is 0. The largest absolute Gasteiger partial charge is 0.272 e. The second kappa shape index (κ2) is 6.46. The van der Waals surface area contributed by atoms with Crippen molar-refractivity contribution in [1.82, 2.24) is 5.06 Å². The molecule has 0 spiro atoms. The van der Waals surface area contributed by atoms with Gasteiger partial charge in [0.1, 0.15) is 0 Å². The van der Waals surface area contributed by atoms with Crippen LogP contribution in [0.3, 0.4) is 0 Å². The Morgan fingerprint density at radius 1 is 1.07 bits per heavy atom. The molecule has 6 nitrogen and oxygen atoms in total. The van der Waals surface area contributed by atoms with Crippen LogP contribution in [0.4, 0.5) is 5.69 Å². The first-order valence-corrected chi connectivity index (χ1v) is 9.51. The molecular weight excluding hydrogens is 368 g/mol. The molecule has 0 atom stereocenters. The molecule has 3 aliphatic rings. The Balaban J connectivity index is 1.55. The Morgan fingerprint density at radius 2 is 1.70 bits per heavy atom. The molecule has 0 N–H and O–H groups in total. The van der Waals surface area contributed by atoms with Crippen molar-refractivity contribution in [3.05, 3.63) is 39.9 Å². The second-order valence-corrected chi connectivity index (χ2v) is 8.29. The van der Waals surface area contributed by atoms with Gasteiger partial charge in [0.15, 0.2) is 0 Å². The van der Waals surface area contributed by atoms with Crippen molar-refractivity contribution in [1.29, 1.82) is 0 Å². The smallest absolute Gasteiger partial charge is 0.261 e. The summed E-state index contributed by atoms with van der Waals surface area (Å²) >= 11 is 6.40. The molecule has 2 heterocycles. The predicted molar refractivity (Wildman–Crippen MR) is 99.7 cm³/mol. The molecule has 1 aromatic carbocycles. The van der Waals surface area contributed by atoms with E-state index in [-0.39, 0.29) is 24.3 Å². The lowest BCUT2D eigenvalue weighted by molar-refractivity contribution is -0.165. The van der Waals surface area contributed by atoms with E-state index < -0.39 is 5.41 Å². The Kier molecular flexibility index (Phi) is 4.35. The summed E-state index contributed by atoms with van der Waals surface area (Å²) < 4.78 is 0. The van der Waals surface area contributed by atoms with Crippen molar-refractivity contribution >= 4 is 35.0 Å². The van der Waals surface area contributed by atoms with E-state index in [1.54, 1.807) is 18.2 Å². The number of carbonyl (C=O) groups is 3. The van der Waals surface area contributed by atoms with Crippen LogP contribution < -0.4 is 4.90 Å². The second-order valence-electron chi connectivity index (χ2n) is 7.88. The first-order valence-electron chi connectivity index (χ1n) is 9.14. The van der Waals surface area contributed by atoms with E-state index in [0.717, 1.165) is 12.8 Å². The van der Waals surface area contributed by atoms with Gasteiger partial charge in [-0.05, 0) is 57.2 Å². The number of hydrogen-bond acceptors (Lipinski definition) is 4. The van der Waals surface area contributed by atoms with Crippen LogP contribution >= 0.6 is 11.6 Å². The summed E-state index contributed by atoms with van der Waals surface area (Å²) in [6, 6.07) is 5.04. The van der Waals surface area contributed by atoms with Crippen molar-refractivity contribution < 1.29 is 19.2 Å². The van der Waals surface area contributed by atoms with E-state index in [9.17, 15) is 14.4 Å². The topological polar surface area (TPSA) is 66.9 Å². The van der Waals surface area contributed by atoms with E-state index in [0.29, 0.717) is 46.9 Å². The Hall–Kier alpha value is -2.18. The van der Waals surface area contributed by atoms with Crippen LogP contribution in [0.15, 0.2) is 29.3 Å². The summed E-state index contributed by atoms with van der Waals surface area (Å²) in [5, 5.41) is 1.70. The normalized spacial score (nSPS) is 22.1. The van der Waals surface area contributed by atoms with Gasteiger partial charge in [0.2, 0.25) is 0 Å². The van der Waals surface area contributed by atoms with Gasteiger partial charge in [0.25, 0.3) is 17.7 Å². The third kappa shape index (κ3) is 2.97. The minimum absolute atomic E-state index is 0.0931. The van der Waals surface area contributed by atoms with E-state index in [4.69, 9.17) is 16.4 Å². The van der Waals surface area contributed by atoms with Gasteiger partial charge in [0, 0.05) is 16.2 Å². The van der Waals surface area contributed by atoms with Gasteiger partial charge in [-0.15, -0.1) is 0 Å². The zero-order valence-corrected chi connectivity index (χ0v) is 16.1. The number of anilines is 1. The molecule has 1 aromatic rings. The van der Waals surface area contributed by atoms with Crippen LogP contribution in [0, 0.1) is 5.41 Å². The Morgan fingerprint density at radius 3 is 2.22 bits per heavy atom. The highest BCUT2D eigenvalue weighted by molar-refractivity contribution is 6.34. The van der Waals surface area contributed by atoms with Crippen LogP contribution in [0.25, 0.3) is 0 Å². The van der Waals surface area contributed by atoms with E-state index in [2.05, 4.69) is 0 Å². The number of benzene rings is 1. The number of amides is 3. The van der Waals surface area contributed by atoms with Crippen molar-refractivity contribution in [3.63, 3.8) is 0 Å². The summed E-state index contributed by atoms with van der Waals surface area (Å²) in [6.07, 6.45) is 3.19. The third-order valence-electron chi connectivity index (χ3n) is 5.39. The maximum absolute atomic E-state index is 12.7. The van der Waals surface area contributed by atoms with Gasteiger partial charge >= 0.3 is 0 Å². The Bertz CT molecular complexity index is 862. The maximum atomic E-state index is 12.7. The van der Waals surface area contributed by atoms with Gasteiger partial charge in [-0.1, -0.05) is 17.7 Å². The number of nitrogens with zero attached hydrogens (tertiary/aromatic N) is 2. The Labute approximate surface area is 162 Å². The molecule has 0 saturated carbocycles. The minimum atomic E-state index is -0.550. The number of carbonyl (C=O) groups excluding carboxylic acids is 3. The molecule has 7 heteroatoms. The zero-order chi connectivity index (χ0) is 19.3. The van der Waals surface area contributed by atoms with Crippen molar-refractivity contribution in [2.75, 3.05) is 11.5 Å². The average molecular weight is 389 g/mol. The summed E-state index contributed by atoms with van der Waals surface area (Å²) in [4.78, 5) is 44.3. The van der Waals surface area contributed by atoms with Gasteiger partial charge in [0.05, 0.1) is 24.3 Å². The van der Waals surface area contributed by atoms with Crippen LogP contribution in [-0.4, -0.2) is 29.4 Å². The summed E-state index contributed by atoms with van der Waals surface area (Å²) in [7, 11) is 0. The molecule has 1 aliphatic carbocycles. The fraction of sp³-hybridized carbons (Fsp3) is 0.450. The molecule has 2 aliphatic heterocycles. The van der Waals surface area contributed by atoms with E-state index in [1.807, 2.05) is 13.8 Å². The molecule has 3 amide bonds. The highest BCUT2D eigenvalue weighted by Gasteiger charge is 2.41. The molecule has 142 valence electrons. The standard InChI is InChI=1S/C20H21ClN2O4/c1-20(2)11-27-22(19(20)26)10-12-7-8-13(9-16(12)21)23-17(24)14-5-3-4-6-15(14)18(23)25/h7-9H,3-6,10-11H2,1-2H3. The fourth-order valence-corrected chi connectivity index (χ4v) is 3.98. The van der Waals surface area contributed by atoms with Crippen molar-refractivity contribution in [2.24, 2.45) is 5.41 Å². The zero-order valence-electron chi connectivity index (χ0n) is 15.4. The van der Waals surface area contributed by atoms with Gasteiger partial charge in [-0.2, -0.15) is 0 Å². The molecule has 1 saturated heterocycles. The number of rotatable bonds is 3. The third-order valence-corrected chi connectivity index (χ3v) is 5.74. The molecule has 0 unspecified atom stereocenters. The van der Waals surface area contributed by atoms with Crippen molar-refractivity contribution in [3.8, 4) is 0 Å². The molecule has 0 bridgehead atoms. The molecule has 4 rings (SSSR count). The maximum Gasteiger partial charge on any atom is 0.261 e. The van der Waals surface area contributed by atoms with E-state index >= 15 is 0 Å². The van der Waals surface area contributed by atoms with Crippen LogP contribution in [-0.2, 0) is 25.8 Å². The van der Waals surface area contributed by atoms with Crippen LogP contribution in [0.1, 0.15) is 45.1 Å². The van der Waals surface area contributed by atoms with Gasteiger partial charge in [-0.3, -0.25) is 19.2 Å². The van der Waals surface area contributed by atoms with E-state index in [1.165, 1.54) is 9.96 Å². The number of hydroxylamine groups is 2. The fourth-order valence-electron chi connectivity index (χ4n) is 3.75. The van der Waals surface area contributed by atoms with Crippen molar-refractivity contribution in [2.45, 2.75) is 46.1 Å². The first kappa shape index (κ1) is 18.2. The summed E-state index contributed by atoms with van der Waals surface area (Å²) in [5.74, 6) is -0.568. The van der Waals surface area contributed by atoms with Gasteiger partial charge < -0.3 is 0 Å². The average Bonchev–Trinajstić information content (AvgIpc) is 3.05. The molecule has 0 aromatic heterocycles. The lowest BCUT2D eigenvalue weighted by Gasteiger charge is -2.19. The summed E-state index contributed by atoms with van der Waals surface area (Å²) in [6.45, 7) is 4.21. The lowest BCUT2D eigenvalue weighted by Crippen LogP contribution is -2.32. The SMILES string of the molecule is CC1(C)CON(Cc2ccc(N3C(=O)C4=C(CCCC4)C3=O)cc2Cl)C1=O. The minimum Gasteiger partial charge on any atom is -0.272 e. The monoisotopic (exact) mass is 388 g/mol. The molecule has 27 heavy (non-hydrogen) atoms. The first-order chi connectivity index (χ1) is 12.8. The molecule has 1 fully saturated rings. The highest BCUT2D eigenvalue weighted by Crippen LogP contribution is 2.37. The van der Waals surface area contributed by atoms with Crippen LogP contribution in [0.2, 0.25) is 5.02 Å².